The molecule has 1 aliphatic rings. The third kappa shape index (κ3) is 5.09. The van der Waals surface area contributed by atoms with Gasteiger partial charge in [0.15, 0.2) is 0 Å². The Bertz CT molecular complexity index is 738. The summed E-state index contributed by atoms with van der Waals surface area (Å²) in [7, 11) is 1.66. The normalized spacial score (nSPS) is 16.5. The molecule has 0 aliphatic carbocycles. The largest absolute Gasteiger partial charge is 0.497 e. The van der Waals surface area contributed by atoms with Crippen LogP contribution in [0.1, 0.15) is 29.5 Å². The minimum atomic E-state index is 0.133. The first-order chi connectivity index (χ1) is 12.6. The van der Waals surface area contributed by atoms with Crippen LogP contribution in [0.3, 0.4) is 0 Å². The van der Waals surface area contributed by atoms with Crippen molar-refractivity contribution in [2.45, 2.75) is 38.8 Å². The zero-order valence-corrected chi connectivity index (χ0v) is 15.6. The highest BCUT2D eigenvalue weighted by molar-refractivity contribution is 5.79. The third-order valence-corrected chi connectivity index (χ3v) is 4.75. The highest BCUT2D eigenvalue weighted by atomic mass is 16.5. The molecule has 138 valence electrons. The van der Waals surface area contributed by atoms with Crippen molar-refractivity contribution in [2.75, 3.05) is 20.3 Å². The second kappa shape index (κ2) is 8.86. The van der Waals surface area contributed by atoms with Crippen LogP contribution in [0.15, 0.2) is 48.5 Å². The van der Waals surface area contributed by atoms with E-state index in [4.69, 9.17) is 9.47 Å². The number of ether oxygens (including phenoxy) is 2. The van der Waals surface area contributed by atoms with Crippen molar-refractivity contribution in [3.8, 4) is 5.75 Å². The molecule has 1 heterocycles. The van der Waals surface area contributed by atoms with Crippen molar-refractivity contribution in [3.05, 3.63) is 65.2 Å². The van der Waals surface area contributed by atoms with E-state index in [9.17, 15) is 4.79 Å². The number of hydrogen-bond acceptors (Lipinski definition) is 3. The molecule has 0 saturated carbocycles. The SMILES string of the molecule is COc1cccc(CN(CC2CCCO2)C(=O)Cc2cccc(C)c2)c1. The molecule has 0 spiro atoms. The van der Waals surface area contributed by atoms with Crippen LogP contribution < -0.4 is 4.74 Å². The van der Waals surface area contributed by atoms with E-state index < -0.39 is 0 Å². The van der Waals surface area contributed by atoms with Gasteiger partial charge in [0.1, 0.15) is 5.75 Å². The van der Waals surface area contributed by atoms with Gasteiger partial charge in [0.25, 0.3) is 0 Å². The summed E-state index contributed by atoms with van der Waals surface area (Å²) in [5, 5.41) is 0. The van der Waals surface area contributed by atoms with Crippen LogP contribution in [0.4, 0.5) is 0 Å². The number of amides is 1. The lowest BCUT2D eigenvalue weighted by atomic mass is 10.1. The Morgan fingerprint density at radius 1 is 1.19 bits per heavy atom. The molecule has 1 amide bonds. The van der Waals surface area contributed by atoms with Gasteiger partial charge in [0.2, 0.25) is 5.91 Å². The molecule has 26 heavy (non-hydrogen) atoms. The number of hydrogen-bond donors (Lipinski definition) is 0. The lowest BCUT2D eigenvalue weighted by Crippen LogP contribution is -2.37. The number of methoxy groups -OCH3 is 1. The van der Waals surface area contributed by atoms with Crippen molar-refractivity contribution in [1.29, 1.82) is 0 Å². The van der Waals surface area contributed by atoms with Crippen LogP contribution in [0.25, 0.3) is 0 Å². The predicted octanol–water partition coefficient (Wildman–Crippen LogP) is 3.75. The van der Waals surface area contributed by atoms with Crippen LogP contribution in [-0.2, 0) is 22.5 Å². The monoisotopic (exact) mass is 353 g/mol. The number of carbonyl (C=O) groups is 1. The summed E-state index contributed by atoms with van der Waals surface area (Å²) in [6, 6.07) is 16.0. The van der Waals surface area contributed by atoms with Gasteiger partial charge >= 0.3 is 0 Å². The van der Waals surface area contributed by atoms with Crippen molar-refractivity contribution in [1.82, 2.24) is 4.90 Å². The maximum atomic E-state index is 13.0. The van der Waals surface area contributed by atoms with Crippen LogP contribution in [0.2, 0.25) is 0 Å². The van der Waals surface area contributed by atoms with Gasteiger partial charge in [-0.05, 0) is 43.0 Å². The first-order valence-electron chi connectivity index (χ1n) is 9.22. The molecule has 1 saturated heterocycles. The second-order valence-electron chi connectivity index (χ2n) is 6.93. The predicted molar refractivity (Wildman–Crippen MR) is 102 cm³/mol. The van der Waals surface area contributed by atoms with Gasteiger partial charge in [-0.25, -0.2) is 0 Å². The van der Waals surface area contributed by atoms with E-state index in [0.717, 1.165) is 36.3 Å². The van der Waals surface area contributed by atoms with E-state index in [2.05, 4.69) is 6.07 Å². The fraction of sp³-hybridized carbons (Fsp3) is 0.409. The van der Waals surface area contributed by atoms with Gasteiger partial charge in [-0.2, -0.15) is 0 Å². The minimum absolute atomic E-state index is 0.133. The Kier molecular flexibility index (Phi) is 6.29. The Balaban J connectivity index is 1.73. The molecule has 2 aromatic carbocycles. The highest BCUT2D eigenvalue weighted by Gasteiger charge is 2.23. The average Bonchev–Trinajstić information content (AvgIpc) is 3.14. The summed E-state index contributed by atoms with van der Waals surface area (Å²) in [5.74, 6) is 0.944. The van der Waals surface area contributed by atoms with E-state index in [1.54, 1.807) is 7.11 Å². The highest BCUT2D eigenvalue weighted by Crippen LogP contribution is 2.19. The standard InChI is InChI=1S/C22H27NO3/c1-17-6-3-7-18(12-17)14-22(24)23(16-21-10-5-11-26-21)15-19-8-4-9-20(13-19)25-2/h3-4,6-9,12-13,21H,5,10-11,14-16H2,1-2H3. The molecule has 0 N–H and O–H groups in total. The summed E-state index contributed by atoms with van der Waals surface area (Å²) in [6.45, 7) is 4.06. The van der Waals surface area contributed by atoms with Crippen LogP contribution >= 0.6 is 0 Å². The lowest BCUT2D eigenvalue weighted by Gasteiger charge is -2.26. The van der Waals surface area contributed by atoms with Crippen LogP contribution in [0, 0.1) is 6.92 Å². The van der Waals surface area contributed by atoms with Crippen LogP contribution in [0.5, 0.6) is 5.75 Å². The third-order valence-electron chi connectivity index (χ3n) is 4.75. The molecule has 1 atom stereocenters. The fourth-order valence-corrected chi connectivity index (χ4v) is 3.39. The van der Waals surface area contributed by atoms with Crippen molar-refractivity contribution >= 4 is 5.91 Å². The molecule has 0 aromatic heterocycles. The molecule has 1 aliphatic heterocycles. The van der Waals surface area contributed by atoms with Crippen molar-refractivity contribution in [2.24, 2.45) is 0 Å². The number of benzene rings is 2. The fourth-order valence-electron chi connectivity index (χ4n) is 3.39. The molecule has 4 heteroatoms. The molecule has 0 bridgehead atoms. The van der Waals surface area contributed by atoms with Crippen molar-refractivity contribution in [3.63, 3.8) is 0 Å². The molecule has 1 unspecified atom stereocenters. The lowest BCUT2D eigenvalue weighted by molar-refractivity contribution is -0.132. The molecule has 1 fully saturated rings. The Labute approximate surface area is 155 Å². The van der Waals surface area contributed by atoms with Gasteiger partial charge in [0, 0.05) is 19.7 Å². The summed E-state index contributed by atoms with van der Waals surface area (Å²) in [5.41, 5.74) is 3.30. The molecule has 4 nitrogen and oxygen atoms in total. The van der Waals surface area contributed by atoms with Gasteiger partial charge in [0.05, 0.1) is 19.6 Å². The van der Waals surface area contributed by atoms with E-state index in [1.807, 2.05) is 54.3 Å². The zero-order valence-electron chi connectivity index (χ0n) is 15.6. The Morgan fingerprint density at radius 3 is 2.73 bits per heavy atom. The van der Waals surface area contributed by atoms with E-state index in [-0.39, 0.29) is 12.0 Å². The van der Waals surface area contributed by atoms with E-state index in [0.29, 0.717) is 19.5 Å². The molecular formula is C22H27NO3. The van der Waals surface area contributed by atoms with Crippen molar-refractivity contribution < 1.29 is 14.3 Å². The van der Waals surface area contributed by atoms with E-state index in [1.165, 1.54) is 5.56 Å². The summed E-state index contributed by atoms with van der Waals surface area (Å²) in [4.78, 5) is 14.9. The molecule has 0 radical (unpaired) electrons. The zero-order chi connectivity index (χ0) is 18.4. The number of rotatable bonds is 7. The maximum Gasteiger partial charge on any atom is 0.227 e. The number of aryl methyl sites for hydroxylation is 1. The maximum absolute atomic E-state index is 13.0. The Hall–Kier alpha value is -2.33. The van der Waals surface area contributed by atoms with Gasteiger partial charge in [-0.1, -0.05) is 42.0 Å². The molecular weight excluding hydrogens is 326 g/mol. The van der Waals surface area contributed by atoms with Gasteiger partial charge < -0.3 is 14.4 Å². The smallest absolute Gasteiger partial charge is 0.227 e. The number of carbonyl (C=O) groups excluding carboxylic acids is 1. The first-order valence-corrected chi connectivity index (χ1v) is 9.22. The summed E-state index contributed by atoms with van der Waals surface area (Å²) < 4.78 is 11.1. The van der Waals surface area contributed by atoms with Gasteiger partial charge in [-0.15, -0.1) is 0 Å². The average molecular weight is 353 g/mol. The van der Waals surface area contributed by atoms with E-state index >= 15 is 0 Å². The minimum Gasteiger partial charge on any atom is -0.497 e. The number of nitrogens with zero attached hydrogens (tertiary/aromatic N) is 1. The van der Waals surface area contributed by atoms with Crippen LogP contribution in [-0.4, -0.2) is 37.2 Å². The Morgan fingerprint density at radius 2 is 2.00 bits per heavy atom. The summed E-state index contributed by atoms with van der Waals surface area (Å²) in [6.07, 6.45) is 2.65. The first kappa shape index (κ1) is 18.5. The quantitative estimate of drug-likeness (QED) is 0.761. The molecule has 2 aromatic rings. The summed E-state index contributed by atoms with van der Waals surface area (Å²) >= 11 is 0. The molecule has 3 rings (SSSR count). The second-order valence-corrected chi connectivity index (χ2v) is 6.93. The topological polar surface area (TPSA) is 38.8 Å². The van der Waals surface area contributed by atoms with Gasteiger partial charge in [-0.3, -0.25) is 4.79 Å².